The lowest BCUT2D eigenvalue weighted by atomic mass is 10.1. The Morgan fingerprint density at radius 1 is 0.686 bits per heavy atom. The van der Waals surface area contributed by atoms with Crippen LogP contribution in [0.4, 0.5) is 34.1 Å². The van der Waals surface area contributed by atoms with Gasteiger partial charge in [0.2, 0.25) is 0 Å². The predicted octanol–water partition coefficient (Wildman–Crippen LogP) is 10.7. The molecule has 0 saturated heterocycles. The SMILES string of the molecule is Cc1cc(N=Nc2c(SOOO)cc3cc(Nc4ccccc4)ccc3c2O)ccc1N=Nc1ccc2cc(SOOO)cc(S(=O)(=O)O)c2c1. The Hall–Kier alpha value is -4.99. The number of aromatic hydroxyl groups is 1. The van der Waals surface area contributed by atoms with Crippen LogP contribution in [0.5, 0.6) is 5.75 Å². The number of hydrogen-bond acceptors (Lipinski definition) is 16. The van der Waals surface area contributed by atoms with E-state index in [4.69, 9.17) is 10.5 Å². The van der Waals surface area contributed by atoms with Crippen LogP contribution in [-0.4, -0.2) is 28.6 Å². The highest BCUT2D eigenvalue weighted by atomic mass is 32.2. The van der Waals surface area contributed by atoms with Gasteiger partial charge in [-0.05, 0) is 102 Å². The van der Waals surface area contributed by atoms with Crippen molar-refractivity contribution in [2.24, 2.45) is 20.5 Å². The third kappa shape index (κ3) is 8.67. The summed E-state index contributed by atoms with van der Waals surface area (Å²) in [5.41, 5.74) is 3.64. The maximum Gasteiger partial charge on any atom is 0.295 e. The van der Waals surface area contributed by atoms with Crippen LogP contribution in [0.25, 0.3) is 21.5 Å². The molecule has 260 valence electrons. The van der Waals surface area contributed by atoms with Crippen molar-refractivity contribution in [3.63, 3.8) is 0 Å². The monoisotopic (exact) mass is 747 g/mol. The van der Waals surface area contributed by atoms with Gasteiger partial charge in [-0.1, -0.05) is 34.3 Å². The normalized spacial score (nSPS) is 12.1. The predicted molar refractivity (Wildman–Crippen MR) is 190 cm³/mol. The van der Waals surface area contributed by atoms with Crippen LogP contribution in [0.2, 0.25) is 0 Å². The molecular weight excluding hydrogens is 723 g/mol. The molecule has 6 rings (SSSR count). The molecule has 0 aromatic heterocycles. The van der Waals surface area contributed by atoms with Gasteiger partial charge in [0, 0.05) is 27.0 Å². The van der Waals surface area contributed by atoms with Crippen molar-refractivity contribution in [2.75, 3.05) is 5.32 Å². The summed E-state index contributed by atoms with van der Waals surface area (Å²) in [5, 5.41) is 58.0. The largest absolute Gasteiger partial charge is 0.505 e. The number of benzene rings is 6. The number of fused-ring (bicyclic) bond motifs is 2. The van der Waals surface area contributed by atoms with Gasteiger partial charge in [0.05, 0.1) is 46.0 Å². The van der Waals surface area contributed by atoms with E-state index in [0.29, 0.717) is 67.8 Å². The zero-order valence-electron chi connectivity index (χ0n) is 26.1. The van der Waals surface area contributed by atoms with Crippen LogP contribution in [0.1, 0.15) is 5.56 Å². The second-order valence-corrected chi connectivity index (χ2v) is 13.5. The summed E-state index contributed by atoms with van der Waals surface area (Å²) in [6.45, 7) is 1.78. The van der Waals surface area contributed by atoms with Gasteiger partial charge in [0.25, 0.3) is 10.1 Å². The average Bonchev–Trinajstić information content (AvgIpc) is 3.12. The maximum absolute atomic E-state index is 12.1. The van der Waals surface area contributed by atoms with Gasteiger partial charge in [-0.2, -0.15) is 23.8 Å². The third-order valence-electron chi connectivity index (χ3n) is 7.30. The number of hydrogen-bond donors (Lipinski definition) is 5. The van der Waals surface area contributed by atoms with Crippen molar-refractivity contribution < 1.29 is 47.3 Å². The molecule has 6 aromatic rings. The maximum atomic E-state index is 12.1. The molecule has 15 nitrogen and oxygen atoms in total. The number of azo groups is 2. The molecule has 0 bridgehead atoms. The Morgan fingerprint density at radius 2 is 1.41 bits per heavy atom. The number of rotatable bonds is 13. The zero-order chi connectivity index (χ0) is 36.0. The fourth-order valence-corrected chi connectivity index (χ4v) is 6.78. The topological polar surface area (TPSA) is 213 Å². The molecule has 51 heavy (non-hydrogen) atoms. The first-order valence-electron chi connectivity index (χ1n) is 14.5. The second-order valence-electron chi connectivity index (χ2n) is 10.6. The number of phenolic OH excluding ortho intramolecular Hbond substituents is 1. The molecule has 0 heterocycles. The first-order chi connectivity index (χ1) is 24.6. The van der Waals surface area contributed by atoms with Crippen LogP contribution in [0.3, 0.4) is 0 Å². The Labute approximate surface area is 298 Å². The minimum absolute atomic E-state index is 0.0790. The zero-order valence-corrected chi connectivity index (χ0v) is 28.5. The molecule has 0 saturated carbocycles. The van der Waals surface area contributed by atoms with Crippen molar-refractivity contribution in [1.29, 1.82) is 0 Å². The number of phenols is 1. The van der Waals surface area contributed by atoms with E-state index < -0.39 is 15.0 Å². The molecule has 0 unspecified atom stereocenters. The van der Waals surface area contributed by atoms with Gasteiger partial charge in [-0.25, -0.2) is 10.5 Å². The first kappa shape index (κ1) is 35.8. The molecule has 0 fully saturated rings. The van der Waals surface area contributed by atoms with Gasteiger partial charge in [-0.3, -0.25) is 4.55 Å². The van der Waals surface area contributed by atoms with E-state index in [1.807, 2.05) is 42.5 Å². The summed E-state index contributed by atoms with van der Waals surface area (Å²) in [5.74, 6) is -0.163. The van der Waals surface area contributed by atoms with Gasteiger partial charge in [-0.15, -0.1) is 13.8 Å². The summed E-state index contributed by atoms with van der Waals surface area (Å²) in [4.78, 5) is 0.161. The molecular formula is C33H25N5O10S3. The van der Waals surface area contributed by atoms with Crippen LogP contribution in [0.15, 0.2) is 138 Å². The van der Waals surface area contributed by atoms with E-state index in [9.17, 15) is 18.1 Å². The number of anilines is 2. The Kier molecular flexibility index (Phi) is 11.2. The average molecular weight is 748 g/mol. The summed E-state index contributed by atoms with van der Waals surface area (Å²) in [7, 11) is -4.64. The molecule has 0 aliphatic rings. The number of nitrogens with one attached hydrogen (secondary N) is 1. The van der Waals surface area contributed by atoms with Gasteiger partial charge in [0.1, 0.15) is 10.6 Å². The van der Waals surface area contributed by atoms with Crippen molar-refractivity contribution in [3.05, 3.63) is 109 Å². The third-order valence-corrected chi connectivity index (χ3v) is 9.37. The summed E-state index contributed by atoms with van der Waals surface area (Å²) < 4.78 is 43.1. The van der Waals surface area contributed by atoms with Gasteiger partial charge < -0.3 is 10.4 Å². The lowest BCUT2D eigenvalue weighted by Crippen LogP contribution is -1.99. The van der Waals surface area contributed by atoms with E-state index in [-0.39, 0.29) is 21.7 Å². The molecule has 0 atom stereocenters. The lowest BCUT2D eigenvalue weighted by molar-refractivity contribution is -0.432. The van der Waals surface area contributed by atoms with Crippen molar-refractivity contribution in [3.8, 4) is 5.75 Å². The molecule has 6 aromatic carbocycles. The molecule has 0 radical (unpaired) electrons. The van der Waals surface area contributed by atoms with Gasteiger partial charge in [0.15, 0.2) is 5.75 Å². The quantitative estimate of drug-likeness (QED) is 0.0245. The summed E-state index contributed by atoms with van der Waals surface area (Å²) in [6.07, 6.45) is 0. The first-order valence-corrected chi connectivity index (χ1v) is 17.5. The van der Waals surface area contributed by atoms with E-state index in [2.05, 4.69) is 44.5 Å². The fourth-order valence-electron chi connectivity index (χ4n) is 5.03. The smallest absolute Gasteiger partial charge is 0.295 e. The fraction of sp³-hybridized carbons (Fsp3) is 0.0303. The molecule has 0 spiro atoms. The number of para-hydroxylation sites is 1. The van der Waals surface area contributed by atoms with Crippen LogP contribution in [-0.2, 0) is 28.9 Å². The van der Waals surface area contributed by atoms with E-state index in [1.165, 1.54) is 6.07 Å². The highest BCUT2D eigenvalue weighted by Crippen LogP contribution is 2.45. The minimum Gasteiger partial charge on any atom is -0.505 e. The van der Waals surface area contributed by atoms with Gasteiger partial charge >= 0.3 is 0 Å². The second kappa shape index (κ2) is 15.9. The van der Waals surface area contributed by atoms with Crippen LogP contribution >= 0.6 is 24.1 Å². The molecule has 0 amide bonds. The van der Waals surface area contributed by atoms with E-state index in [0.717, 1.165) is 17.4 Å². The minimum atomic E-state index is -4.64. The molecule has 0 aliphatic heterocycles. The Morgan fingerprint density at radius 3 is 2.16 bits per heavy atom. The number of nitrogens with zero attached hydrogens (tertiary/aromatic N) is 4. The Balaban J connectivity index is 1.25. The summed E-state index contributed by atoms with van der Waals surface area (Å²) >= 11 is 1.18. The van der Waals surface area contributed by atoms with E-state index in [1.54, 1.807) is 55.5 Å². The lowest BCUT2D eigenvalue weighted by Gasteiger charge is -2.11. The van der Waals surface area contributed by atoms with Crippen molar-refractivity contribution >= 4 is 89.9 Å². The van der Waals surface area contributed by atoms with E-state index >= 15 is 0 Å². The molecule has 18 heteroatoms. The summed E-state index contributed by atoms with van der Waals surface area (Å²) in [6, 6.07) is 29.1. The standard InChI is InChI=1S/C33H25N5O10S3/c1-19-13-24(10-12-29(19)37-35-25-8-7-20-15-26(49-47-45-40)18-31(28(20)17-25)51(42,43)44)36-38-32-30(50-48-46-41)16-21-14-23(9-11-27(21)33(32)39)34-22-5-3-2-4-6-22/h2-18,34,39-41H,1H3,(H,42,43,44). The van der Waals surface area contributed by atoms with Crippen LogP contribution in [0, 0.1) is 6.92 Å². The highest BCUT2D eigenvalue weighted by molar-refractivity contribution is 7.95. The Bertz CT molecular complexity index is 2400. The highest BCUT2D eigenvalue weighted by Gasteiger charge is 2.18. The molecule has 5 N–H and O–H groups in total. The van der Waals surface area contributed by atoms with Crippen molar-refractivity contribution in [1.82, 2.24) is 0 Å². The van der Waals surface area contributed by atoms with Crippen LogP contribution < -0.4 is 5.32 Å². The van der Waals surface area contributed by atoms with Crippen molar-refractivity contribution in [2.45, 2.75) is 21.6 Å². The molecule has 0 aliphatic carbocycles. The number of aryl methyl sites for hydroxylation is 1.